The average Bonchev–Trinajstić information content (AvgIpc) is 2.71. The van der Waals surface area contributed by atoms with Gasteiger partial charge >= 0.3 is 20.4 Å². The van der Waals surface area contributed by atoms with Gasteiger partial charge in [0.1, 0.15) is 0 Å². The van der Waals surface area contributed by atoms with E-state index in [4.69, 9.17) is 0 Å². The van der Waals surface area contributed by atoms with Gasteiger partial charge in [-0.2, -0.15) is 16.8 Å². The topological polar surface area (TPSA) is 98.1 Å². The van der Waals surface area contributed by atoms with Gasteiger partial charge in [-0.15, -0.1) is 7.77 Å². The van der Waals surface area contributed by atoms with E-state index in [0.29, 0.717) is 11.0 Å². The molecule has 1 heterocycles. The molecule has 0 atom stereocenters. The number of aryl methyl sites for hydroxylation is 1. The Bertz CT molecular complexity index is 878. The fourth-order valence-electron chi connectivity index (χ4n) is 1.92. The maximum Gasteiger partial charge on any atom is 0.304 e. The predicted octanol–water partition coefficient (Wildman–Crippen LogP) is 1.05. The fourth-order valence-corrected chi connectivity index (χ4v) is 2.67. The number of anilines is 1. The Balaban J connectivity index is 2.27. The van der Waals surface area contributed by atoms with E-state index in [-0.39, 0.29) is 19.0 Å². The van der Waals surface area contributed by atoms with Crippen LogP contribution in [0.15, 0.2) is 24.3 Å². The van der Waals surface area contributed by atoms with Crippen molar-refractivity contribution >= 4 is 37.4 Å². The number of halogens is 2. The van der Waals surface area contributed by atoms with Gasteiger partial charge in [-0.25, -0.2) is 4.98 Å². The number of aromatic nitrogens is 2. The number of fused-ring (bicyclic) bond motifs is 1. The van der Waals surface area contributed by atoms with Crippen LogP contribution in [0.25, 0.3) is 11.0 Å². The number of para-hydroxylation sites is 2. The summed E-state index contributed by atoms with van der Waals surface area (Å²) in [5.41, 5.74) is 1.07. The number of benzene rings is 1. The summed E-state index contributed by atoms with van der Waals surface area (Å²) < 4.78 is 68.9. The van der Waals surface area contributed by atoms with Crippen LogP contribution in [0.2, 0.25) is 0 Å². The standard InChI is InChI=1S/C11H13F2N3O4S2/c12-21(17,18)7-5-14-11-15-9-3-1-2-4-10(9)16(11)6-8-22(13,19)20/h1-4H,5-8H2,(H,14,15). The molecule has 11 heteroatoms. The minimum absolute atomic E-state index is 0.147. The summed E-state index contributed by atoms with van der Waals surface area (Å²) in [5, 5.41) is 2.61. The maximum absolute atomic E-state index is 12.7. The summed E-state index contributed by atoms with van der Waals surface area (Å²) >= 11 is 0. The van der Waals surface area contributed by atoms with Crippen molar-refractivity contribution in [3.05, 3.63) is 24.3 Å². The molecule has 7 nitrogen and oxygen atoms in total. The van der Waals surface area contributed by atoms with Gasteiger partial charge in [-0.1, -0.05) is 12.1 Å². The first-order valence-corrected chi connectivity index (χ1v) is 9.30. The lowest BCUT2D eigenvalue weighted by atomic mass is 10.3. The van der Waals surface area contributed by atoms with E-state index in [1.165, 1.54) is 4.57 Å². The molecule has 0 saturated heterocycles. The minimum atomic E-state index is -4.66. The smallest absolute Gasteiger partial charge is 0.304 e. The molecule has 0 unspecified atom stereocenters. The van der Waals surface area contributed by atoms with E-state index >= 15 is 0 Å². The molecule has 0 fully saturated rings. The van der Waals surface area contributed by atoms with Crippen molar-refractivity contribution in [3.63, 3.8) is 0 Å². The number of nitrogens with zero attached hydrogens (tertiary/aromatic N) is 2. The zero-order valence-corrected chi connectivity index (χ0v) is 12.9. The third-order valence-corrected chi connectivity index (χ3v) is 4.20. The summed E-state index contributed by atoms with van der Waals surface area (Å²) in [5.74, 6) is -1.35. The Morgan fingerprint density at radius 1 is 1.05 bits per heavy atom. The van der Waals surface area contributed by atoms with Crippen LogP contribution >= 0.6 is 0 Å². The summed E-state index contributed by atoms with van der Waals surface area (Å²) in [6.45, 7) is -0.450. The molecule has 0 radical (unpaired) electrons. The van der Waals surface area contributed by atoms with Crippen molar-refractivity contribution in [2.75, 3.05) is 23.4 Å². The second-order valence-electron chi connectivity index (χ2n) is 4.49. The first-order chi connectivity index (χ1) is 10.2. The molecule has 2 aromatic rings. The van der Waals surface area contributed by atoms with Gasteiger partial charge in [-0.3, -0.25) is 0 Å². The Morgan fingerprint density at radius 3 is 2.32 bits per heavy atom. The Morgan fingerprint density at radius 2 is 1.68 bits per heavy atom. The van der Waals surface area contributed by atoms with Crippen molar-refractivity contribution in [1.82, 2.24) is 9.55 Å². The molecule has 1 N–H and O–H groups in total. The first-order valence-electron chi connectivity index (χ1n) is 6.19. The van der Waals surface area contributed by atoms with E-state index in [1.807, 2.05) is 0 Å². The van der Waals surface area contributed by atoms with Crippen LogP contribution in [0.3, 0.4) is 0 Å². The molecule has 1 aromatic carbocycles. The van der Waals surface area contributed by atoms with E-state index < -0.39 is 32.0 Å². The first kappa shape index (κ1) is 16.6. The van der Waals surface area contributed by atoms with Crippen LogP contribution in [0.4, 0.5) is 13.7 Å². The lowest BCUT2D eigenvalue weighted by Gasteiger charge is -2.09. The zero-order valence-electron chi connectivity index (χ0n) is 11.2. The minimum Gasteiger partial charge on any atom is -0.355 e. The zero-order chi connectivity index (χ0) is 16.4. The van der Waals surface area contributed by atoms with Crippen LogP contribution < -0.4 is 5.32 Å². The molecule has 0 spiro atoms. The van der Waals surface area contributed by atoms with Crippen LogP contribution in [0.1, 0.15) is 0 Å². The van der Waals surface area contributed by atoms with Gasteiger partial charge in [0.15, 0.2) is 0 Å². The SMILES string of the molecule is O=S(=O)(F)CCNc1nc2ccccc2n1CCS(=O)(=O)F. The highest BCUT2D eigenvalue weighted by atomic mass is 32.3. The highest BCUT2D eigenvalue weighted by molar-refractivity contribution is 7.86. The number of imidazole rings is 1. The molecule has 0 bridgehead atoms. The average molecular weight is 353 g/mol. The second kappa shape index (κ2) is 6.16. The third-order valence-electron chi connectivity index (χ3n) is 2.84. The molecule has 0 amide bonds. The van der Waals surface area contributed by atoms with E-state index in [0.717, 1.165) is 0 Å². The van der Waals surface area contributed by atoms with Gasteiger partial charge in [0.05, 0.1) is 22.5 Å². The van der Waals surface area contributed by atoms with Crippen molar-refractivity contribution < 1.29 is 24.6 Å². The molecule has 0 saturated carbocycles. The Kier molecular flexibility index (Phi) is 4.66. The number of rotatable bonds is 7. The van der Waals surface area contributed by atoms with Crippen molar-refractivity contribution in [2.45, 2.75) is 6.54 Å². The van der Waals surface area contributed by atoms with Crippen molar-refractivity contribution in [2.24, 2.45) is 0 Å². The Labute approximate surface area is 126 Å². The van der Waals surface area contributed by atoms with Gasteiger partial charge in [-0.05, 0) is 12.1 Å². The largest absolute Gasteiger partial charge is 0.355 e. The molecule has 0 aliphatic carbocycles. The third kappa shape index (κ3) is 4.63. The van der Waals surface area contributed by atoms with Crippen LogP contribution in [0.5, 0.6) is 0 Å². The van der Waals surface area contributed by atoms with Crippen LogP contribution in [-0.2, 0) is 27.0 Å². The van der Waals surface area contributed by atoms with Crippen LogP contribution in [-0.4, -0.2) is 44.4 Å². The summed E-state index contributed by atoms with van der Waals surface area (Å²) in [6, 6.07) is 6.72. The molecule has 0 aliphatic rings. The van der Waals surface area contributed by atoms with E-state index in [1.54, 1.807) is 24.3 Å². The lowest BCUT2D eigenvalue weighted by Crippen LogP contribution is -2.17. The highest BCUT2D eigenvalue weighted by Crippen LogP contribution is 2.19. The van der Waals surface area contributed by atoms with Crippen LogP contribution in [0, 0.1) is 0 Å². The summed E-state index contributed by atoms with van der Waals surface area (Å²) in [7, 11) is -9.29. The van der Waals surface area contributed by atoms with Gasteiger partial charge in [0, 0.05) is 13.1 Å². The molecule has 1 aromatic heterocycles. The molecule has 22 heavy (non-hydrogen) atoms. The Hall–Kier alpha value is -1.75. The quantitative estimate of drug-likeness (QED) is 0.747. The van der Waals surface area contributed by atoms with E-state index in [9.17, 15) is 24.6 Å². The van der Waals surface area contributed by atoms with E-state index in [2.05, 4.69) is 10.3 Å². The monoisotopic (exact) mass is 353 g/mol. The second-order valence-corrected chi connectivity index (χ2v) is 7.46. The lowest BCUT2D eigenvalue weighted by molar-refractivity contribution is 0.546. The predicted molar refractivity (Wildman–Crippen MR) is 78.0 cm³/mol. The molecule has 122 valence electrons. The molecule has 0 aliphatic heterocycles. The molecular formula is C11H13F2N3O4S2. The maximum atomic E-state index is 12.7. The number of nitrogens with one attached hydrogen (secondary N) is 1. The van der Waals surface area contributed by atoms with Gasteiger partial charge in [0.2, 0.25) is 5.95 Å². The van der Waals surface area contributed by atoms with Gasteiger partial charge in [0.25, 0.3) is 0 Å². The van der Waals surface area contributed by atoms with Crippen molar-refractivity contribution in [3.8, 4) is 0 Å². The van der Waals surface area contributed by atoms with Gasteiger partial charge < -0.3 is 9.88 Å². The number of hydrogen-bond acceptors (Lipinski definition) is 6. The number of hydrogen-bond donors (Lipinski definition) is 1. The fraction of sp³-hybridized carbons (Fsp3) is 0.364. The highest BCUT2D eigenvalue weighted by Gasteiger charge is 2.15. The summed E-state index contributed by atoms with van der Waals surface area (Å²) in [6.07, 6.45) is 0. The van der Waals surface area contributed by atoms with Crippen molar-refractivity contribution in [1.29, 1.82) is 0 Å². The molecular weight excluding hydrogens is 340 g/mol. The summed E-state index contributed by atoms with van der Waals surface area (Å²) in [4.78, 5) is 4.15. The normalized spacial score (nSPS) is 12.6. The molecule has 2 rings (SSSR count).